The lowest BCUT2D eigenvalue weighted by Crippen LogP contribution is -2.06. The predicted molar refractivity (Wildman–Crippen MR) is 98.6 cm³/mol. The van der Waals surface area contributed by atoms with Crippen molar-refractivity contribution in [1.29, 1.82) is 0 Å². The lowest BCUT2D eigenvalue weighted by Gasteiger charge is -2.20. The molecule has 0 aromatic heterocycles. The number of fused-ring (bicyclic) bond motifs is 1. The van der Waals surface area contributed by atoms with Gasteiger partial charge in [-0.1, -0.05) is 63.1 Å². The van der Waals surface area contributed by atoms with E-state index < -0.39 is 7.82 Å². The van der Waals surface area contributed by atoms with Crippen LogP contribution in [-0.4, -0.2) is 13.2 Å². The van der Waals surface area contributed by atoms with E-state index in [4.69, 9.17) is 13.6 Å². The first-order valence-corrected chi connectivity index (χ1v) is 10.1. The molecule has 0 bridgehead atoms. The number of phosphoric acid groups is 1. The number of aryl methyl sites for hydroxylation is 1. The number of unbranched alkanes of at least 4 members (excludes halogenated alkanes) is 2. The van der Waals surface area contributed by atoms with Crippen molar-refractivity contribution in [2.45, 2.75) is 46.5 Å². The molecule has 0 amide bonds. The SMILES string of the molecule is CCCCOP(=O)(OCCCC)Oc1c(C)ccc2ccccc12. The predicted octanol–water partition coefficient (Wildman–Crippen LogP) is 6.27. The van der Waals surface area contributed by atoms with Crippen LogP contribution in [0.25, 0.3) is 10.8 Å². The van der Waals surface area contributed by atoms with Crippen LogP contribution in [0.2, 0.25) is 0 Å². The normalized spacial score (nSPS) is 11.8. The summed E-state index contributed by atoms with van der Waals surface area (Å²) in [5.74, 6) is 0.574. The monoisotopic (exact) mass is 350 g/mol. The molecule has 0 aliphatic rings. The minimum absolute atomic E-state index is 0.365. The molecule has 0 fully saturated rings. The molecule has 0 N–H and O–H groups in total. The van der Waals surface area contributed by atoms with Gasteiger partial charge in [0, 0.05) is 5.39 Å². The van der Waals surface area contributed by atoms with Crippen molar-refractivity contribution < 1.29 is 18.1 Å². The molecular weight excluding hydrogens is 323 g/mol. The second-order valence-corrected chi connectivity index (χ2v) is 7.44. The number of benzene rings is 2. The molecule has 132 valence electrons. The van der Waals surface area contributed by atoms with Gasteiger partial charge in [0.15, 0.2) is 0 Å². The van der Waals surface area contributed by atoms with Crippen LogP contribution < -0.4 is 4.52 Å². The van der Waals surface area contributed by atoms with Crippen LogP contribution in [0.15, 0.2) is 36.4 Å². The van der Waals surface area contributed by atoms with Gasteiger partial charge < -0.3 is 4.52 Å². The second kappa shape index (κ2) is 9.22. The fourth-order valence-electron chi connectivity index (χ4n) is 2.32. The Morgan fingerprint density at radius 2 is 1.54 bits per heavy atom. The zero-order valence-electron chi connectivity index (χ0n) is 14.8. The first-order chi connectivity index (χ1) is 11.6. The van der Waals surface area contributed by atoms with Crippen LogP contribution in [0.5, 0.6) is 5.75 Å². The van der Waals surface area contributed by atoms with E-state index in [0.717, 1.165) is 42.0 Å². The van der Waals surface area contributed by atoms with E-state index in [1.807, 2.05) is 43.3 Å². The average molecular weight is 350 g/mol. The lowest BCUT2D eigenvalue weighted by atomic mass is 10.1. The smallest absolute Gasteiger partial charge is 0.403 e. The van der Waals surface area contributed by atoms with Crippen molar-refractivity contribution in [1.82, 2.24) is 0 Å². The van der Waals surface area contributed by atoms with Crippen molar-refractivity contribution in [3.05, 3.63) is 42.0 Å². The fraction of sp³-hybridized carbons (Fsp3) is 0.474. The maximum atomic E-state index is 13.1. The van der Waals surface area contributed by atoms with Gasteiger partial charge in [-0.3, -0.25) is 9.05 Å². The summed E-state index contributed by atoms with van der Waals surface area (Å²) in [5.41, 5.74) is 0.909. The maximum absolute atomic E-state index is 13.1. The Morgan fingerprint density at radius 3 is 2.17 bits per heavy atom. The third-order valence-corrected chi connectivity index (χ3v) is 5.18. The van der Waals surface area contributed by atoms with Crippen LogP contribution in [0, 0.1) is 6.92 Å². The molecule has 0 atom stereocenters. The van der Waals surface area contributed by atoms with Gasteiger partial charge in [0.05, 0.1) is 13.2 Å². The second-order valence-electron chi connectivity index (χ2n) is 5.84. The van der Waals surface area contributed by atoms with Gasteiger partial charge in [-0.05, 0) is 30.7 Å². The van der Waals surface area contributed by atoms with Gasteiger partial charge >= 0.3 is 7.82 Å². The Labute approximate surface area is 144 Å². The Bertz CT molecular complexity index is 685. The molecule has 0 saturated carbocycles. The molecule has 2 aromatic carbocycles. The highest BCUT2D eigenvalue weighted by atomic mass is 31.2. The third-order valence-electron chi connectivity index (χ3n) is 3.77. The van der Waals surface area contributed by atoms with Crippen molar-refractivity contribution in [3.8, 4) is 5.75 Å². The van der Waals surface area contributed by atoms with Crippen molar-refractivity contribution in [2.24, 2.45) is 0 Å². The summed E-state index contributed by atoms with van der Waals surface area (Å²) in [5, 5.41) is 1.95. The standard InChI is InChI=1S/C19H27O4P/c1-4-6-14-21-24(20,22-15-7-5-2)23-19-16(3)12-13-17-10-8-9-11-18(17)19/h8-13H,4-7,14-15H2,1-3H3. The largest absolute Gasteiger partial charge is 0.530 e. The van der Waals surface area contributed by atoms with Crippen molar-refractivity contribution >= 4 is 18.6 Å². The highest BCUT2D eigenvalue weighted by Crippen LogP contribution is 2.51. The van der Waals surface area contributed by atoms with E-state index in [1.165, 1.54) is 0 Å². The Morgan fingerprint density at radius 1 is 0.917 bits per heavy atom. The summed E-state index contributed by atoms with van der Waals surface area (Å²) in [4.78, 5) is 0. The van der Waals surface area contributed by atoms with Crippen molar-refractivity contribution in [3.63, 3.8) is 0 Å². The van der Waals surface area contributed by atoms with Gasteiger partial charge in [-0.25, -0.2) is 4.57 Å². The van der Waals surface area contributed by atoms with E-state index in [9.17, 15) is 4.57 Å². The van der Waals surface area contributed by atoms with Gasteiger partial charge in [-0.2, -0.15) is 0 Å². The van der Waals surface area contributed by atoms with Crippen molar-refractivity contribution in [2.75, 3.05) is 13.2 Å². The van der Waals surface area contributed by atoms with E-state index in [-0.39, 0.29) is 0 Å². The van der Waals surface area contributed by atoms with Crippen LogP contribution >= 0.6 is 7.82 Å². The third kappa shape index (κ3) is 5.07. The average Bonchev–Trinajstić information content (AvgIpc) is 2.58. The molecule has 2 rings (SSSR count). The fourth-order valence-corrected chi connectivity index (χ4v) is 3.67. The molecule has 0 radical (unpaired) electrons. The summed E-state index contributed by atoms with van der Waals surface area (Å²) >= 11 is 0. The van der Waals surface area contributed by atoms with E-state index in [2.05, 4.69) is 13.8 Å². The molecule has 24 heavy (non-hydrogen) atoms. The topological polar surface area (TPSA) is 44.8 Å². The molecule has 0 unspecified atom stereocenters. The molecule has 0 aliphatic carbocycles. The van der Waals surface area contributed by atoms with Gasteiger partial charge in [0.25, 0.3) is 0 Å². The summed E-state index contributed by atoms with van der Waals surface area (Å²) < 4.78 is 30.0. The minimum atomic E-state index is -3.63. The Kier molecular flexibility index (Phi) is 7.29. The minimum Gasteiger partial charge on any atom is -0.403 e. The van der Waals surface area contributed by atoms with Crippen LogP contribution in [0.1, 0.15) is 45.1 Å². The Balaban J connectivity index is 2.28. The van der Waals surface area contributed by atoms with E-state index in [0.29, 0.717) is 19.0 Å². The molecule has 0 heterocycles. The highest BCUT2D eigenvalue weighted by Gasteiger charge is 2.29. The first kappa shape index (κ1) is 19.0. The van der Waals surface area contributed by atoms with Crippen LogP contribution in [0.3, 0.4) is 0 Å². The summed E-state index contributed by atoms with van der Waals surface area (Å²) in [7, 11) is -3.63. The highest BCUT2D eigenvalue weighted by molar-refractivity contribution is 7.49. The maximum Gasteiger partial charge on any atom is 0.530 e. The summed E-state index contributed by atoms with van der Waals surface area (Å²) in [6, 6.07) is 11.9. The van der Waals surface area contributed by atoms with Crippen LogP contribution in [-0.2, 0) is 13.6 Å². The zero-order valence-corrected chi connectivity index (χ0v) is 15.7. The van der Waals surface area contributed by atoms with E-state index >= 15 is 0 Å². The molecule has 4 nitrogen and oxygen atoms in total. The molecule has 0 aliphatic heterocycles. The molecule has 2 aromatic rings. The quantitative estimate of drug-likeness (QED) is 0.374. The molecular formula is C19H27O4P. The first-order valence-electron chi connectivity index (χ1n) is 8.66. The van der Waals surface area contributed by atoms with Gasteiger partial charge in [-0.15, -0.1) is 0 Å². The summed E-state index contributed by atoms with van der Waals surface area (Å²) in [6.07, 6.45) is 3.56. The van der Waals surface area contributed by atoms with Crippen LogP contribution in [0.4, 0.5) is 0 Å². The molecule has 0 saturated heterocycles. The molecule has 0 spiro atoms. The number of rotatable bonds is 10. The van der Waals surface area contributed by atoms with E-state index in [1.54, 1.807) is 0 Å². The number of hydrogen-bond donors (Lipinski definition) is 0. The van der Waals surface area contributed by atoms with Gasteiger partial charge in [0.2, 0.25) is 0 Å². The summed E-state index contributed by atoms with van der Waals surface area (Å²) in [6.45, 7) is 6.78. The zero-order chi connectivity index (χ0) is 17.4. The lowest BCUT2D eigenvalue weighted by molar-refractivity contribution is 0.152. The Hall–Kier alpha value is -1.35. The number of hydrogen-bond acceptors (Lipinski definition) is 4. The number of phosphoric ester groups is 1. The molecule has 5 heteroatoms. The van der Waals surface area contributed by atoms with Gasteiger partial charge in [0.1, 0.15) is 5.75 Å².